The highest BCUT2D eigenvalue weighted by atomic mass is 32.2. The molecule has 0 N–H and O–H groups in total. The van der Waals surface area contributed by atoms with Gasteiger partial charge in [-0.25, -0.2) is 9.78 Å². The van der Waals surface area contributed by atoms with Gasteiger partial charge >= 0.3 is 5.97 Å². The molecule has 0 bridgehead atoms. The average Bonchev–Trinajstić information content (AvgIpc) is 3.26. The molecule has 39 heavy (non-hydrogen) atoms. The summed E-state index contributed by atoms with van der Waals surface area (Å²) in [6.07, 6.45) is 6.05. The van der Waals surface area contributed by atoms with Crippen LogP contribution in [0.2, 0.25) is 0 Å². The van der Waals surface area contributed by atoms with E-state index < -0.39 is 10.0 Å². The summed E-state index contributed by atoms with van der Waals surface area (Å²) in [7, 11) is -0.438. The molecule has 0 saturated carbocycles. The highest BCUT2D eigenvalue weighted by Gasteiger charge is 2.25. The van der Waals surface area contributed by atoms with E-state index in [2.05, 4.69) is 11.3 Å². The molecule has 0 aliphatic heterocycles. The van der Waals surface area contributed by atoms with Gasteiger partial charge in [0.2, 0.25) is 0 Å². The van der Waals surface area contributed by atoms with E-state index in [0.29, 0.717) is 22.8 Å². The summed E-state index contributed by atoms with van der Waals surface area (Å²) in [4.78, 5) is 19.6. The second-order valence-corrected chi connectivity index (χ2v) is 12.8. The van der Waals surface area contributed by atoms with E-state index in [4.69, 9.17) is 9.72 Å². The first-order valence-corrected chi connectivity index (χ1v) is 16.6. The second-order valence-electron chi connectivity index (χ2n) is 9.00. The quantitative estimate of drug-likeness (QED) is 0.0766. The third-order valence-corrected chi connectivity index (χ3v) is 8.99. The Morgan fingerprint density at radius 3 is 2.49 bits per heavy atom. The molecular weight excluding hydrogens is 553 g/mol. The molecule has 3 aromatic rings. The Morgan fingerprint density at radius 2 is 1.85 bits per heavy atom. The van der Waals surface area contributed by atoms with Crippen LogP contribution in [0.4, 0.5) is 0 Å². The van der Waals surface area contributed by atoms with Crippen molar-refractivity contribution in [2.75, 3.05) is 32.0 Å². The zero-order valence-corrected chi connectivity index (χ0v) is 25.5. The minimum absolute atomic E-state index is 0.146. The van der Waals surface area contributed by atoms with Crippen LogP contribution in [0.25, 0.3) is 11.1 Å². The molecule has 0 saturated heterocycles. The zero-order valence-electron chi connectivity index (χ0n) is 23.1. The number of imidazole rings is 1. The first kappa shape index (κ1) is 30.8. The highest BCUT2D eigenvalue weighted by molar-refractivity contribution is 8.15. The standard InChI is InChI=1S/C28H36N4O4S3/c1-6-8-13-25-30-27(38-20-37-5)26(28(33)36-7-2)32(25)18-21-14-16-22(17-15-21)23-11-9-10-12-24(23)39(34,35)29-19-31(3)4/h9-12,14-17,19H,6-8,13,18,20H2,1-5H3/b29-19+. The molecule has 0 amide bonds. The molecule has 11 heteroatoms. The summed E-state index contributed by atoms with van der Waals surface area (Å²) in [5.74, 6) is 0.494. The van der Waals surface area contributed by atoms with Crippen LogP contribution in [-0.4, -0.2) is 67.2 Å². The number of carbonyl (C=O) groups is 1. The molecule has 8 nitrogen and oxygen atoms in total. The van der Waals surface area contributed by atoms with Crippen LogP contribution in [0, 0.1) is 0 Å². The lowest BCUT2D eigenvalue weighted by molar-refractivity contribution is 0.0509. The molecule has 0 atom stereocenters. The fraction of sp³-hybridized carbons (Fsp3) is 0.393. The number of ether oxygens (including phenoxy) is 1. The Balaban J connectivity index is 1.99. The minimum atomic E-state index is -3.87. The number of thioether (sulfide) groups is 2. The number of carbonyl (C=O) groups excluding carboxylic acids is 1. The van der Waals surface area contributed by atoms with Crippen molar-refractivity contribution in [1.29, 1.82) is 0 Å². The Kier molecular flexibility index (Phi) is 11.5. The van der Waals surface area contributed by atoms with Crippen molar-refractivity contribution in [2.24, 2.45) is 4.40 Å². The van der Waals surface area contributed by atoms with Crippen LogP contribution >= 0.6 is 23.5 Å². The molecule has 2 aromatic carbocycles. The number of aryl methyl sites for hydroxylation is 1. The number of unbranched alkanes of at least 4 members (excludes halogenated alkanes) is 1. The number of nitrogens with zero attached hydrogens (tertiary/aromatic N) is 4. The van der Waals surface area contributed by atoms with Crippen molar-refractivity contribution in [2.45, 2.75) is 49.6 Å². The molecule has 3 rings (SSSR count). The van der Waals surface area contributed by atoms with Crippen LogP contribution in [0.1, 0.15) is 48.6 Å². The lowest BCUT2D eigenvalue weighted by Crippen LogP contribution is -2.16. The van der Waals surface area contributed by atoms with Crippen molar-refractivity contribution in [1.82, 2.24) is 14.5 Å². The predicted molar refractivity (Wildman–Crippen MR) is 161 cm³/mol. The van der Waals surface area contributed by atoms with Gasteiger partial charge in [-0.1, -0.05) is 67.6 Å². The van der Waals surface area contributed by atoms with Gasteiger partial charge < -0.3 is 14.2 Å². The summed E-state index contributed by atoms with van der Waals surface area (Å²) >= 11 is 3.23. The second kappa shape index (κ2) is 14.6. The van der Waals surface area contributed by atoms with Crippen molar-refractivity contribution >= 4 is 45.9 Å². The maximum absolute atomic E-state index is 13.0. The number of hydrogen-bond donors (Lipinski definition) is 0. The average molecular weight is 589 g/mol. The minimum Gasteiger partial charge on any atom is -0.461 e. The summed E-state index contributed by atoms with van der Waals surface area (Å²) in [5.41, 5.74) is 2.79. The fourth-order valence-corrected chi connectivity index (χ4v) is 6.46. The topological polar surface area (TPSA) is 93.9 Å². The van der Waals surface area contributed by atoms with Crippen LogP contribution in [0.15, 0.2) is 62.9 Å². The maximum atomic E-state index is 13.0. The van der Waals surface area contributed by atoms with Gasteiger partial charge in [-0.05, 0) is 36.8 Å². The van der Waals surface area contributed by atoms with E-state index in [1.807, 2.05) is 41.2 Å². The van der Waals surface area contributed by atoms with E-state index in [1.165, 1.54) is 6.34 Å². The Bertz CT molecular complexity index is 1380. The van der Waals surface area contributed by atoms with Crippen LogP contribution in [0.5, 0.6) is 0 Å². The molecule has 210 valence electrons. The van der Waals surface area contributed by atoms with Gasteiger partial charge in [0, 0.05) is 37.7 Å². The summed E-state index contributed by atoms with van der Waals surface area (Å²) in [6, 6.07) is 14.5. The van der Waals surface area contributed by atoms with E-state index in [-0.39, 0.29) is 17.5 Å². The number of aromatic nitrogens is 2. The molecule has 0 fully saturated rings. The monoisotopic (exact) mass is 588 g/mol. The van der Waals surface area contributed by atoms with Crippen molar-refractivity contribution in [3.63, 3.8) is 0 Å². The lowest BCUT2D eigenvalue weighted by atomic mass is 10.0. The Labute approximate surface area is 240 Å². The summed E-state index contributed by atoms with van der Waals surface area (Å²) in [6.45, 7) is 4.67. The SMILES string of the molecule is CCCCc1nc(SCSC)c(C(=O)OCC)n1Cc1ccc(-c2ccccc2S(=O)(=O)/N=C/N(C)C)cc1. The molecular formula is C28H36N4O4S3. The number of rotatable bonds is 14. The van der Waals surface area contributed by atoms with Crippen molar-refractivity contribution in [3.05, 3.63) is 65.6 Å². The molecule has 0 spiro atoms. The third kappa shape index (κ3) is 8.12. The number of hydrogen-bond acceptors (Lipinski definition) is 7. The Morgan fingerprint density at radius 1 is 1.13 bits per heavy atom. The first-order valence-electron chi connectivity index (χ1n) is 12.7. The highest BCUT2D eigenvalue weighted by Crippen LogP contribution is 2.31. The largest absolute Gasteiger partial charge is 0.461 e. The number of esters is 1. The van der Waals surface area contributed by atoms with Crippen LogP contribution in [0.3, 0.4) is 0 Å². The summed E-state index contributed by atoms with van der Waals surface area (Å²) < 4.78 is 37.0. The van der Waals surface area contributed by atoms with E-state index in [0.717, 1.165) is 41.3 Å². The smallest absolute Gasteiger partial charge is 0.357 e. The van der Waals surface area contributed by atoms with Crippen LogP contribution < -0.4 is 0 Å². The lowest BCUT2D eigenvalue weighted by Gasteiger charge is -2.13. The van der Waals surface area contributed by atoms with E-state index >= 15 is 0 Å². The van der Waals surface area contributed by atoms with Gasteiger partial charge in [-0.3, -0.25) is 0 Å². The van der Waals surface area contributed by atoms with Crippen molar-refractivity contribution in [3.8, 4) is 11.1 Å². The zero-order chi connectivity index (χ0) is 28.4. The number of sulfonamides is 1. The molecule has 1 heterocycles. The maximum Gasteiger partial charge on any atom is 0.357 e. The van der Waals surface area contributed by atoms with Crippen LogP contribution in [-0.2, 0) is 27.7 Å². The van der Waals surface area contributed by atoms with Gasteiger partial charge in [0.1, 0.15) is 17.2 Å². The molecule has 0 radical (unpaired) electrons. The molecule has 0 aliphatic carbocycles. The summed E-state index contributed by atoms with van der Waals surface area (Å²) in [5, 5.41) is 1.48. The first-order chi connectivity index (χ1) is 18.7. The van der Waals surface area contributed by atoms with Gasteiger partial charge in [-0.15, -0.1) is 4.40 Å². The van der Waals surface area contributed by atoms with Gasteiger partial charge in [0.05, 0.1) is 11.5 Å². The molecule has 0 aliphatic rings. The predicted octanol–water partition coefficient (Wildman–Crippen LogP) is 5.81. The number of benzene rings is 2. The van der Waals surface area contributed by atoms with Gasteiger partial charge in [-0.2, -0.15) is 20.2 Å². The Hall–Kier alpha value is -2.76. The van der Waals surface area contributed by atoms with Crippen molar-refractivity contribution < 1.29 is 17.9 Å². The fourth-order valence-electron chi connectivity index (χ4n) is 3.90. The van der Waals surface area contributed by atoms with E-state index in [9.17, 15) is 13.2 Å². The van der Waals surface area contributed by atoms with Gasteiger partial charge in [0.25, 0.3) is 10.0 Å². The molecule has 0 unspecified atom stereocenters. The molecule has 1 aromatic heterocycles. The van der Waals surface area contributed by atoms with Gasteiger partial charge in [0.15, 0.2) is 5.69 Å². The third-order valence-electron chi connectivity index (χ3n) is 5.74. The van der Waals surface area contributed by atoms with E-state index in [1.54, 1.807) is 67.6 Å². The normalized spacial score (nSPS) is 11.7.